The average molecular weight is 577 g/mol. The lowest BCUT2D eigenvalue weighted by atomic mass is 10.0. The third-order valence-corrected chi connectivity index (χ3v) is 8.78. The largest absolute Gasteiger partial charge is 0.456 e. The van der Waals surface area contributed by atoms with Gasteiger partial charge in [0, 0.05) is 44.3 Å². The van der Waals surface area contributed by atoms with Gasteiger partial charge in [0.2, 0.25) is 0 Å². The predicted molar refractivity (Wildman–Crippen MR) is 188 cm³/mol. The molecule has 0 aliphatic rings. The van der Waals surface area contributed by atoms with Crippen LogP contribution in [0.3, 0.4) is 0 Å². The van der Waals surface area contributed by atoms with Crippen molar-refractivity contribution in [2.45, 2.75) is 0 Å². The van der Waals surface area contributed by atoms with Crippen LogP contribution in [-0.2, 0) is 0 Å². The highest BCUT2D eigenvalue weighted by Gasteiger charge is 2.16. The summed E-state index contributed by atoms with van der Waals surface area (Å²) in [5.74, 6) is 0. The van der Waals surface area contributed by atoms with E-state index in [4.69, 9.17) is 4.42 Å². The minimum absolute atomic E-state index is 0.907. The van der Waals surface area contributed by atoms with Crippen LogP contribution in [0.4, 0.5) is 17.1 Å². The molecule has 0 fully saturated rings. The van der Waals surface area contributed by atoms with E-state index in [2.05, 4.69) is 167 Å². The van der Waals surface area contributed by atoms with Crippen molar-refractivity contribution in [3.8, 4) is 16.8 Å². The van der Waals surface area contributed by atoms with Gasteiger partial charge in [-0.3, -0.25) is 0 Å². The fourth-order valence-electron chi connectivity index (χ4n) is 6.69. The summed E-state index contributed by atoms with van der Waals surface area (Å²) in [5, 5.41) is 4.74. The zero-order valence-electron chi connectivity index (χ0n) is 24.5. The van der Waals surface area contributed by atoms with E-state index in [9.17, 15) is 0 Å². The van der Waals surface area contributed by atoms with Crippen LogP contribution in [-0.4, -0.2) is 4.57 Å². The highest BCUT2D eigenvalue weighted by Crippen LogP contribution is 2.39. The lowest BCUT2D eigenvalue weighted by Crippen LogP contribution is -2.09. The summed E-state index contributed by atoms with van der Waals surface area (Å²) in [7, 11) is 0. The maximum atomic E-state index is 6.13. The number of fused-ring (bicyclic) bond motifs is 6. The third kappa shape index (κ3) is 4.21. The molecule has 0 saturated carbocycles. The Balaban J connectivity index is 1.15. The molecule has 3 heteroatoms. The molecule has 45 heavy (non-hydrogen) atoms. The monoisotopic (exact) mass is 576 g/mol. The van der Waals surface area contributed by atoms with Crippen molar-refractivity contribution in [1.82, 2.24) is 4.57 Å². The molecule has 0 bridgehead atoms. The van der Waals surface area contributed by atoms with Gasteiger partial charge in [-0.15, -0.1) is 0 Å². The first-order valence-corrected chi connectivity index (χ1v) is 15.3. The molecule has 0 aliphatic carbocycles. The number of hydrogen-bond donors (Lipinski definition) is 0. The molecule has 0 aliphatic heterocycles. The molecule has 9 rings (SSSR count). The molecule has 0 spiro atoms. The summed E-state index contributed by atoms with van der Waals surface area (Å²) >= 11 is 0. The third-order valence-electron chi connectivity index (χ3n) is 8.78. The van der Waals surface area contributed by atoms with Crippen molar-refractivity contribution in [3.05, 3.63) is 170 Å². The van der Waals surface area contributed by atoms with Crippen LogP contribution in [0.15, 0.2) is 174 Å². The van der Waals surface area contributed by atoms with E-state index in [-0.39, 0.29) is 0 Å². The Hall–Kier alpha value is -6.06. The van der Waals surface area contributed by atoms with E-state index in [0.29, 0.717) is 0 Å². The Kier molecular flexibility index (Phi) is 5.82. The summed E-state index contributed by atoms with van der Waals surface area (Å²) in [5.41, 5.74) is 11.1. The first-order valence-electron chi connectivity index (χ1n) is 15.3. The number of para-hydroxylation sites is 4. The highest BCUT2D eigenvalue weighted by molar-refractivity contribution is 6.11. The fraction of sp³-hybridized carbons (Fsp3) is 0. The molecular weight excluding hydrogens is 548 g/mol. The van der Waals surface area contributed by atoms with Crippen LogP contribution in [0, 0.1) is 0 Å². The lowest BCUT2D eigenvalue weighted by Gasteiger charge is -2.25. The van der Waals surface area contributed by atoms with Gasteiger partial charge < -0.3 is 13.9 Å². The molecule has 9 aromatic rings. The Morgan fingerprint density at radius 3 is 1.71 bits per heavy atom. The van der Waals surface area contributed by atoms with E-state index in [1.54, 1.807) is 0 Å². The van der Waals surface area contributed by atoms with E-state index in [1.165, 1.54) is 32.9 Å². The minimum atomic E-state index is 0.907. The Morgan fingerprint density at radius 2 is 0.956 bits per heavy atom. The minimum Gasteiger partial charge on any atom is -0.456 e. The first kappa shape index (κ1) is 25.4. The topological polar surface area (TPSA) is 21.3 Å². The van der Waals surface area contributed by atoms with Crippen LogP contribution in [0.5, 0.6) is 0 Å². The van der Waals surface area contributed by atoms with Crippen molar-refractivity contribution >= 4 is 60.8 Å². The van der Waals surface area contributed by atoms with Gasteiger partial charge >= 0.3 is 0 Å². The summed E-state index contributed by atoms with van der Waals surface area (Å²) in [6.45, 7) is 0. The summed E-state index contributed by atoms with van der Waals surface area (Å²) in [4.78, 5) is 2.29. The number of furan rings is 1. The van der Waals surface area contributed by atoms with Crippen LogP contribution < -0.4 is 4.90 Å². The Bertz CT molecular complexity index is 2430. The molecule has 0 amide bonds. The second-order valence-corrected chi connectivity index (χ2v) is 11.4. The first-order chi connectivity index (χ1) is 22.3. The number of benzene rings is 7. The second kappa shape index (κ2) is 10.3. The zero-order chi connectivity index (χ0) is 29.7. The van der Waals surface area contributed by atoms with Gasteiger partial charge in [-0.05, 0) is 90.0 Å². The van der Waals surface area contributed by atoms with Gasteiger partial charge in [0.05, 0.1) is 11.0 Å². The summed E-state index contributed by atoms with van der Waals surface area (Å²) in [6, 6.07) is 60.2. The van der Waals surface area contributed by atoms with Crippen molar-refractivity contribution in [1.29, 1.82) is 0 Å². The molecule has 0 saturated heterocycles. The van der Waals surface area contributed by atoms with Gasteiger partial charge in [0.25, 0.3) is 0 Å². The number of hydrogen-bond acceptors (Lipinski definition) is 2. The van der Waals surface area contributed by atoms with Gasteiger partial charge in [0.15, 0.2) is 0 Å². The predicted octanol–water partition coefficient (Wildman–Crippen LogP) is 11.8. The summed E-state index contributed by atoms with van der Waals surface area (Å²) < 4.78 is 8.50. The molecule has 0 unspecified atom stereocenters. The van der Waals surface area contributed by atoms with E-state index in [1.807, 2.05) is 12.1 Å². The Morgan fingerprint density at radius 1 is 0.378 bits per heavy atom. The fourth-order valence-corrected chi connectivity index (χ4v) is 6.69. The number of rotatable bonds is 5. The van der Waals surface area contributed by atoms with E-state index >= 15 is 0 Å². The van der Waals surface area contributed by atoms with Gasteiger partial charge in [-0.2, -0.15) is 0 Å². The quantitative estimate of drug-likeness (QED) is 0.203. The molecule has 7 aromatic carbocycles. The van der Waals surface area contributed by atoms with Crippen molar-refractivity contribution in [2.75, 3.05) is 4.90 Å². The van der Waals surface area contributed by atoms with Gasteiger partial charge in [0.1, 0.15) is 11.2 Å². The highest BCUT2D eigenvalue weighted by atomic mass is 16.3. The van der Waals surface area contributed by atoms with Gasteiger partial charge in [-0.25, -0.2) is 0 Å². The zero-order valence-corrected chi connectivity index (χ0v) is 24.5. The van der Waals surface area contributed by atoms with Crippen molar-refractivity contribution in [2.24, 2.45) is 0 Å². The maximum Gasteiger partial charge on any atom is 0.135 e. The molecule has 2 aromatic heterocycles. The summed E-state index contributed by atoms with van der Waals surface area (Å²) in [6.07, 6.45) is 0. The lowest BCUT2D eigenvalue weighted by molar-refractivity contribution is 0.669. The number of nitrogens with zero attached hydrogens (tertiary/aromatic N) is 2. The SMILES string of the molecule is c1ccc(N(c2ccccc2)c2ccc(-c3ccc4c(c3)c3ccccc3n4-c3ccc4oc5ccccc5c4c3)cc2)cc1. The number of aromatic nitrogens is 1. The van der Waals surface area contributed by atoms with Crippen LogP contribution >= 0.6 is 0 Å². The van der Waals surface area contributed by atoms with Crippen molar-refractivity contribution < 1.29 is 4.42 Å². The van der Waals surface area contributed by atoms with Crippen LogP contribution in [0.1, 0.15) is 0 Å². The van der Waals surface area contributed by atoms with Gasteiger partial charge in [-0.1, -0.05) is 91.0 Å². The molecule has 0 radical (unpaired) electrons. The molecule has 2 heterocycles. The maximum absolute atomic E-state index is 6.13. The normalized spacial score (nSPS) is 11.6. The van der Waals surface area contributed by atoms with E-state index < -0.39 is 0 Å². The van der Waals surface area contributed by atoms with Crippen LogP contribution in [0.2, 0.25) is 0 Å². The van der Waals surface area contributed by atoms with Crippen LogP contribution in [0.25, 0.3) is 60.6 Å². The standard InChI is InChI=1S/C42H28N2O/c1-3-11-31(12-4-1)43(32-13-5-2-6-14-32)33-22-19-29(20-23-33)30-21-25-40-37(27-30)35-15-7-9-17-39(35)44(40)34-24-26-42-38(28-34)36-16-8-10-18-41(36)45-42/h1-28H. The van der Waals surface area contributed by atoms with Crippen molar-refractivity contribution in [3.63, 3.8) is 0 Å². The van der Waals surface area contributed by atoms with E-state index in [0.717, 1.165) is 44.7 Å². The number of anilines is 3. The molecule has 0 N–H and O–H groups in total. The molecule has 0 atom stereocenters. The molecule has 212 valence electrons. The molecular formula is C42H28N2O. The second-order valence-electron chi connectivity index (χ2n) is 11.4. The average Bonchev–Trinajstić information content (AvgIpc) is 3.65. The molecule has 3 nitrogen and oxygen atoms in total. The smallest absolute Gasteiger partial charge is 0.135 e. The Labute approximate surface area is 260 Å².